The summed E-state index contributed by atoms with van der Waals surface area (Å²) >= 11 is 0. The zero-order chi connectivity index (χ0) is 16.9. The van der Waals surface area contributed by atoms with Gasteiger partial charge in [0.05, 0.1) is 10.9 Å². The van der Waals surface area contributed by atoms with Gasteiger partial charge in [-0.3, -0.25) is 24.3 Å². The number of rotatable bonds is 1. The lowest BCUT2D eigenvalue weighted by atomic mass is 9.78. The Morgan fingerprint density at radius 2 is 2.00 bits per heavy atom. The normalized spacial score (nSPS) is 21.4. The Morgan fingerprint density at radius 3 is 2.70 bits per heavy atom. The highest BCUT2D eigenvalue weighted by atomic mass is 16.2. The number of imide groups is 1. The second kappa shape index (κ2) is 5.26. The maximum Gasteiger partial charge on any atom is 0.264 e. The number of piperidine rings is 1. The van der Waals surface area contributed by atoms with E-state index >= 15 is 0 Å². The smallest absolute Gasteiger partial charge is 0.264 e. The van der Waals surface area contributed by atoms with Crippen molar-refractivity contribution in [1.29, 1.82) is 0 Å². The molecule has 1 saturated heterocycles. The number of nitrogen functional groups attached to an aromatic ring is 1. The zero-order valence-corrected chi connectivity index (χ0v) is 13.2. The quantitative estimate of drug-likeness (QED) is 0.346. The zero-order valence-electron chi connectivity index (χ0n) is 13.2. The summed E-state index contributed by atoms with van der Waals surface area (Å²) in [5.74, 6) is -0.728. The molecule has 2 atom stereocenters. The van der Waals surface area contributed by atoms with E-state index in [1.54, 1.807) is 20.8 Å². The Morgan fingerprint density at radius 1 is 1.30 bits per heavy atom. The number of hydrogen-bond acceptors (Lipinski definition) is 5. The van der Waals surface area contributed by atoms with Gasteiger partial charge >= 0.3 is 0 Å². The molecule has 2 aromatic rings. The van der Waals surface area contributed by atoms with Crippen molar-refractivity contribution in [2.75, 3.05) is 5.73 Å². The summed E-state index contributed by atoms with van der Waals surface area (Å²) < 4.78 is 1.34. The molecule has 0 radical (unpaired) electrons. The highest BCUT2D eigenvalue weighted by Gasteiger charge is 2.34. The number of fused-ring (bicyclic) bond motifs is 1. The number of anilines is 1. The summed E-state index contributed by atoms with van der Waals surface area (Å²) in [6.45, 7) is 1.67. The third kappa shape index (κ3) is 2.32. The molecule has 2 amide bonds. The molecule has 2 heterocycles. The van der Waals surface area contributed by atoms with E-state index in [-0.39, 0.29) is 23.7 Å². The first-order chi connectivity index (χ1) is 10.8. The van der Waals surface area contributed by atoms with Crippen LogP contribution in [0.5, 0.6) is 0 Å². The summed E-state index contributed by atoms with van der Waals surface area (Å²) in [5.41, 5.74) is 7.35. The van der Waals surface area contributed by atoms with Gasteiger partial charge < -0.3 is 5.73 Å². The molecule has 1 aliphatic rings. The largest absolute Gasteiger partial charge is 0.398 e. The highest BCUT2D eigenvalue weighted by molar-refractivity contribution is 6.37. The maximum absolute atomic E-state index is 12.9. The minimum absolute atomic E-state index is 0.268. The number of aromatic nitrogens is 2. The summed E-state index contributed by atoms with van der Waals surface area (Å²) in [6.07, 6.45) is 0.268. The van der Waals surface area contributed by atoms with Gasteiger partial charge in [0.15, 0.2) is 0 Å². The maximum atomic E-state index is 12.9. The topological polar surface area (TPSA) is 107 Å². The van der Waals surface area contributed by atoms with E-state index in [1.807, 2.05) is 13.9 Å². The van der Waals surface area contributed by atoms with Crippen LogP contribution in [0.1, 0.15) is 18.3 Å². The number of hydrogen-bond donors (Lipinski definition) is 2. The SMILES string of the molecule is Bc1ccc2nc(C)n(C3CC(B)C(=O)NC3=O)c(=O)c2c1N. The molecule has 0 spiro atoms. The first-order valence-corrected chi connectivity index (χ1v) is 7.44. The fourth-order valence-corrected chi connectivity index (χ4v) is 2.99. The first kappa shape index (κ1) is 15.3. The Balaban J connectivity index is 2.26. The van der Waals surface area contributed by atoms with Crippen LogP contribution in [0.4, 0.5) is 5.69 Å². The molecule has 7 nitrogen and oxygen atoms in total. The molecule has 1 fully saturated rings. The number of aryl methyl sites for hydroxylation is 1. The Labute approximate surface area is 134 Å². The summed E-state index contributed by atoms with van der Waals surface area (Å²) in [6, 6.07) is 2.79. The van der Waals surface area contributed by atoms with Gasteiger partial charge in [0.2, 0.25) is 11.8 Å². The monoisotopic (exact) mass is 310 g/mol. The number of amides is 2. The number of carbonyl (C=O) groups excluding carboxylic acids is 2. The number of benzene rings is 1. The van der Waals surface area contributed by atoms with E-state index in [4.69, 9.17) is 5.73 Å². The fraction of sp³-hybridized carbons (Fsp3) is 0.286. The number of carbonyl (C=O) groups is 2. The van der Waals surface area contributed by atoms with Gasteiger partial charge in [-0.1, -0.05) is 11.5 Å². The third-order valence-corrected chi connectivity index (χ3v) is 4.39. The van der Waals surface area contributed by atoms with Gasteiger partial charge in [0.25, 0.3) is 5.56 Å². The van der Waals surface area contributed by atoms with E-state index in [1.165, 1.54) is 4.57 Å². The van der Waals surface area contributed by atoms with E-state index in [0.717, 1.165) is 5.46 Å². The molecule has 23 heavy (non-hydrogen) atoms. The van der Waals surface area contributed by atoms with E-state index < -0.39 is 11.9 Å². The second-order valence-corrected chi connectivity index (χ2v) is 6.03. The first-order valence-electron chi connectivity index (χ1n) is 7.44. The van der Waals surface area contributed by atoms with Gasteiger partial charge in [-0.05, 0) is 19.4 Å². The number of nitrogens with one attached hydrogen (secondary N) is 1. The highest BCUT2D eigenvalue weighted by Crippen LogP contribution is 2.25. The molecule has 2 unspecified atom stereocenters. The molecule has 1 aromatic heterocycles. The molecule has 116 valence electrons. The van der Waals surface area contributed by atoms with Crippen molar-refractivity contribution in [1.82, 2.24) is 14.9 Å². The second-order valence-electron chi connectivity index (χ2n) is 6.03. The third-order valence-electron chi connectivity index (χ3n) is 4.39. The molecule has 3 rings (SSSR count). The van der Waals surface area contributed by atoms with Gasteiger partial charge in [-0.2, -0.15) is 0 Å². The molecule has 0 bridgehead atoms. The average molecular weight is 310 g/mol. The van der Waals surface area contributed by atoms with Crippen molar-refractivity contribution in [3.63, 3.8) is 0 Å². The lowest BCUT2D eigenvalue weighted by molar-refractivity contribution is -0.135. The van der Waals surface area contributed by atoms with Crippen molar-refractivity contribution >= 4 is 49.6 Å². The molecule has 0 saturated carbocycles. The Bertz CT molecular complexity index is 909. The number of nitrogens with two attached hydrogens (primary N) is 1. The van der Waals surface area contributed by atoms with Gasteiger partial charge in [-0.25, -0.2) is 4.98 Å². The fourth-order valence-electron chi connectivity index (χ4n) is 2.99. The minimum Gasteiger partial charge on any atom is -0.398 e. The van der Waals surface area contributed by atoms with Gasteiger partial charge in [0, 0.05) is 11.5 Å². The van der Waals surface area contributed by atoms with Gasteiger partial charge in [-0.15, -0.1) is 0 Å². The van der Waals surface area contributed by atoms with Crippen molar-refractivity contribution < 1.29 is 9.59 Å². The van der Waals surface area contributed by atoms with Crippen molar-refractivity contribution in [2.45, 2.75) is 25.2 Å². The van der Waals surface area contributed by atoms with Crippen molar-refractivity contribution in [3.8, 4) is 0 Å². The molecular formula is C14H16B2N4O3. The molecule has 3 N–H and O–H groups in total. The van der Waals surface area contributed by atoms with Crippen LogP contribution in [0.15, 0.2) is 16.9 Å². The summed E-state index contributed by atoms with van der Waals surface area (Å²) in [4.78, 5) is 41.1. The van der Waals surface area contributed by atoms with Crippen LogP contribution < -0.4 is 22.1 Å². The van der Waals surface area contributed by atoms with Crippen LogP contribution in [0.2, 0.25) is 5.82 Å². The van der Waals surface area contributed by atoms with E-state index in [0.29, 0.717) is 22.4 Å². The lowest BCUT2D eigenvalue weighted by Gasteiger charge is -2.28. The Kier molecular flexibility index (Phi) is 3.50. The van der Waals surface area contributed by atoms with Crippen LogP contribution >= 0.6 is 0 Å². The van der Waals surface area contributed by atoms with E-state index in [9.17, 15) is 14.4 Å². The van der Waals surface area contributed by atoms with Crippen LogP contribution in [0.25, 0.3) is 10.9 Å². The van der Waals surface area contributed by atoms with Crippen molar-refractivity contribution in [2.24, 2.45) is 0 Å². The predicted octanol–water partition coefficient (Wildman–Crippen LogP) is -2.45. The average Bonchev–Trinajstić information content (AvgIpc) is 2.48. The predicted molar refractivity (Wildman–Crippen MR) is 92.4 cm³/mol. The standard InChI is InChI=1S/C14H16B2N4O3/c1-5-18-8-3-2-6(15)11(17)10(8)14(23)20(5)9-4-7(16)12(21)19-13(9)22/h2-3,7,9H,4,15-17H2,1H3,(H,19,21,22). The van der Waals surface area contributed by atoms with Crippen LogP contribution in [0.3, 0.4) is 0 Å². The van der Waals surface area contributed by atoms with Crippen molar-refractivity contribution in [3.05, 3.63) is 28.3 Å². The minimum atomic E-state index is -0.757. The summed E-state index contributed by atoms with van der Waals surface area (Å²) in [5, 5.41) is 2.62. The molecule has 1 aliphatic heterocycles. The number of nitrogens with zero attached hydrogens (tertiary/aromatic N) is 2. The van der Waals surface area contributed by atoms with Crippen LogP contribution in [-0.2, 0) is 9.59 Å². The lowest BCUT2D eigenvalue weighted by Crippen LogP contribution is -2.47. The summed E-state index contributed by atoms with van der Waals surface area (Å²) in [7, 11) is 3.54. The van der Waals surface area contributed by atoms with Crippen LogP contribution in [-0.4, -0.2) is 37.1 Å². The molecule has 9 heteroatoms. The molecule has 0 aliphatic carbocycles. The molecular weight excluding hydrogens is 294 g/mol. The van der Waals surface area contributed by atoms with E-state index in [2.05, 4.69) is 10.3 Å². The molecule has 1 aromatic carbocycles. The Hall–Kier alpha value is -2.57. The van der Waals surface area contributed by atoms with Gasteiger partial charge in [0.1, 0.15) is 27.6 Å². The van der Waals surface area contributed by atoms with Crippen LogP contribution in [0, 0.1) is 6.92 Å².